The maximum atomic E-state index is 14.0. The molecule has 2 unspecified atom stereocenters. The van der Waals surface area contributed by atoms with Crippen LogP contribution in [0, 0.1) is 18.7 Å². The van der Waals surface area contributed by atoms with Crippen LogP contribution >= 0.6 is 0 Å². The Kier molecular flexibility index (Phi) is 6.30. The van der Waals surface area contributed by atoms with Crippen LogP contribution in [-0.2, 0) is 4.74 Å². The third-order valence-electron chi connectivity index (χ3n) is 6.59. The highest BCUT2D eigenvalue weighted by atomic mass is 19.1. The number of methoxy groups -OCH3 is 1. The summed E-state index contributed by atoms with van der Waals surface area (Å²) in [6.07, 6.45) is 1.75. The molecule has 2 atom stereocenters. The lowest BCUT2D eigenvalue weighted by Crippen LogP contribution is -2.49. The number of nitrogens with one attached hydrogen (secondary N) is 2. The molecule has 2 saturated heterocycles. The second-order valence-corrected chi connectivity index (χ2v) is 8.81. The number of anilines is 1. The Hall–Kier alpha value is -3.30. The van der Waals surface area contributed by atoms with Gasteiger partial charge >= 0.3 is 6.09 Å². The number of ether oxygens (including phenoxy) is 2. The first-order valence-corrected chi connectivity index (χ1v) is 11.5. The summed E-state index contributed by atoms with van der Waals surface area (Å²) in [4.78, 5) is 23.0. The first-order chi connectivity index (χ1) is 16.5. The average molecular weight is 466 g/mol. The predicted molar refractivity (Wildman–Crippen MR) is 127 cm³/mol. The highest BCUT2D eigenvalue weighted by Crippen LogP contribution is 2.31. The van der Waals surface area contributed by atoms with Crippen LogP contribution in [0.25, 0.3) is 11.0 Å². The summed E-state index contributed by atoms with van der Waals surface area (Å²) in [6, 6.07) is 10.6. The van der Waals surface area contributed by atoms with Crippen molar-refractivity contribution in [3.8, 4) is 5.88 Å². The summed E-state index contributed by atoms with van der Waals surface area (Å²) < 4.78 is 24.9. The van der Waals surface area contributed by atoms with Gasteiger partial charge in [0.05, 0.1) is 30.4 Å². The molecule has 2 N–H and O–H groups in total. The van der Waals surface area contributed by atoms with Gasteiger partial charge in [-0.25, -0.2) is 14.2 Å². The lowest BCUT2D eigenvalue weighted by atomic mass is 9.88. The van der Waals surface area contributed by atoms with Crippen molar-refractivity contribution < 1.29 is 18.7 Å². The zero-order valence-electron chi connectivity index (χ0n) is 19.3. The maximum absolute atomic E-state index is 14.0. The van der Waals surface area contributed by atoms with Gasteiger partial charge in [-0.3, -0.25) is 9.88 Å². The molecule has 0 bridgehead atoms. The van der Waals surface area contributed by atoms with Crippen molar-refractivity contribution in [2.45, 2.75) is 25.5 Å². The Morgan fingerprint density at radius 3 is 2.88 bits per heavy atom. The van der Waals surface area contributed by atoms with Crippen molar-refractivity contribution in [3.63, 3.8) is 0 Å². The molecular weight excluding hydrogens is 437 g/mol. The number of fused-ring (bicyclic) bond motifs is 1. The zero-order chi connectivity index (χ0) is 23.7. The van der Waals surface area contributed by atoms with Gasteiger partial charge in [0.15, 0.2) is 0 Å². The number of halogens is 1. The van der Waals surface area contributed by atoms with Crippen LogP contribution in [0.4, 0.5) is 14.9 Å². The number of aromatic nitrogens is 2. The summed E-state index contributed by atoms with van der Waals surface area (Å²) >= 11 is 0. The molecule has 4 heterocycles. The summed E-state index contributed by atoms with van der Waals surface area (Å²) in [5.41, 5.74) is 3.79. The van der Waals surface area contributed by atoms with E-state index >= 15 is 0 Å². The van der Waals surface area contributed by atoms with Crippen LogP contribution in [0.15, 0.2) is 42.6 Å². The Balaban J connectivity index is 1.27. The fourth-order valence-corrected chi connectivity index (χ4v) is 4.50. The van der Waals surface area contributed by atoms with Gasteiger partial charge < -0.3 is 20.1 Å². The molecule has 2 fully saturated rings. The smallest absolute Gasteiger partial charge is 0.414 e. The molecule has 8 nitrogen and oxygen atoms in total. The SMILES string of the molecule is COc1ccc2nccc(C(NCCC3CN(c4ccc(C)c(F)c4)C(=O)O3)C3CNC3)c2n1. The molecule has 0 spiro atoms. The van der Waals surface area contributed by atoms with Gasteiger partial charge in [0, 0.05) is 37.3 Å². The van der Waals surface area contributed by atoms with Crippen molar-refractivity contribution in [1.82, 2.24) is 20.6 Å². The molecule has 34 heavy (non-hydrogen) atoms. The highest BCUT2D eigenvalue weighted by Gasteiger charge is 2.34. The summed E-state index contributed by atoms with van der Waals surface area (Å²) in [5.74, 6) is 0.636. The van der Waals surface area contributed by atoms with Crippen molar-refractivity contribution in [1.29, 1.82) is 0 Å². The zero-order valence-corrected chi connectivity index (χ0v) is 19.3. The van der Waals surface area contributed by atoms with E-state index in [9.17, 15) is 9.18 Å². The molecule has 1 aromatic carbocycles. The number of cyclic esters (lactones) is 1. The highest BCUT2D eigenvalue weighted by molar-refractivity contribution is 5.89. The maximum Gasteiger partial charge on any atom is 0.414 e. The fourth-order valence-electron chi connectivity index (χ4n) is 4.50. The third kappa shape index (κ3) is 4.41. The van der Waals surface area contributed by atoms with Crippen LogP contribution in [0.3, 0.4) is 0 Å². The lowest BCUT2D eigenvalue weighted by molar-refractivity contribution is 0.134. The van der Waals surface area contributed by atoms with E-state index in [4.69, 9.17) is 9.47 Å². The molecule has 0 aliphatic carbocycles. The number of rotatable bonds is 8. The Morgan fingerprint density at radius 2 is 2.15 bits per heavy atom. The largest absolute Gasteiger partial charge is 0.481 e. The number of carbonyl (C=O) groups is 1. The summed E-state index contributed by atoms with van der Waals surface area (Å²) in [6.45, 7) is 4.58. The number of hydrogen-bond acceptors (Lipinski definition) is 7. The van der Waals surface area contributed by atoms with Crippen LogP contribution < -0.4 is 20.3 Å². The van der Waals surface area contributed by atoms with E-state index in [-0.39, 0.29) is 18.0 Å². The number of hydrogen-bond donors (Lipinski definition) is 2. The van der Waals surface area contributed by atoms with E-state index in [2.05, 4.69) is 20.6 Å². The summed E-state index contributed by atoms with van der Waals surface area (Å²) in [5, 5.41) is 7.01. The molecule has 2 aliphatic rings. The van der Waals surface area contributed by atoms with Gasteiger partial charge in [0.1, 0.15) is 11.9 Å². The lowest BCUT2D eigenvalue weighted by Gasteiger charge is -2.36. The number of aryl methyl sites for hydroxylation is 1. The fraction of sp³-hybridized carbons (Fsp3) is 0.400. The van der Waals surface area contributed by atoms with E-state index < -0.39 is 6.09 Å². The topological polar surface area (TPSA) is 88.6 Å². The van der Waals surface area contributed by atoms with Gasteiger partial charge in [0.2, 0.25) is 5.88 Å². The average Bonchev–Trinajstić information content (AvgIpc) is 3.18. The predicted octanol–water partition coefficient (Wildman–Crippen LogP) is 3.35. The molecule has 9 heteroatoms. The van der Waals surface area contributed by atoms with Gasteiger partial charge in [-0.1, -0.05) is 6.07 Å². The standard InChI is InChI=1S/C25H28FN5O3/c1-15-3-4-17(11-20(15)26)31-14-18(34-25(31)32)7-9-29-23(16-12-27-13-16)19-8-10-28-21-5-6-22(33-2)30-24(19)21/h3-6,8,10-11,16,18,23,27,29H,7,9,12-14H2,1-2H3. The molecule has 2 aromatic heterocycles. The Labute approximate surface area is 197 Å². The molecule has 178 valence electrons. The second kappa shape index (κ2) is 9.52. The number of amides is 1. The van der Waals surface area contributed by atoms with Crippen molar-refractivity contribution >= 4 is 22.8 Å². The van der Waals surface area contributed by atoms with E-state index in [1.165, 1.54) is 11.0 Å². The minimum atomic E-state index is -0.440. The minimum Gasteiger partial charge on any atom is -0.481 e. The number of pyridine rings is 2. The van der Waals surface area contributed by atoms with Gasteiger partial charge in [-0.15, -0.1) is 0 Å². The molecule has 2 aliphatic heterocycles. The monoisotopic (exact) mass is 465 g/mol. The molecule has 3 aromatic rings. The quantitative estimate of drug-likeness (QED) is 0.527. The van der Waals surface area contributed by atoms with Gasteiger partial charge in [-0.2, -0.15) is 0 Å². The van der Waals surface area contributed by atoms with Crippen LogP contribution in [0.2, 0.25) is 0 Å². The van der Waals surface area contributed by atoms with Gasteiger partial charge in [0.25, 0.3) is 0 Å². The molecule has 5 rings (SSSR count). The van der Waals surface area contributed by atoms with Crippen molar-refractivity contribution in [2.24, 2.45) is 5.92 Å². The Bertz CT molecular complexity index is 1200. The van der Waals surface area contributed by atoms with E-state index in [1.54, 1.807) is 26.2 Å². The molecule has 1 amide bonds. The van der Waals surface area contributed by atoms with Gasteiger partial charge in [-0.05, 0) is 55.3 Å². The van der Waals surface area contributed by atoms with E-state index in [0.717, 1.165) is 29.7 Å². The third-order valence-corrected chi connectivity index (χ3v) is 6.59. The molecule has 0 radical (unpaired) electrons. The van der Waals surface area contributed by atoms with Crippen molar-refractivity contribution in [3.05, 3.63) is 59.5 Å². The minimum absolute atomic E-state index is 0.0748. The molecule has 0 saturated carbocycles. The van der Waals surface area contributed by atoms with Crippen LogP contribution in [-0.4, -0.2) is 55.5 Å². The van der Waals surface area contributed by atoms with Crippen LogP contribution in [0.1, 0.15) is 23.6 Å². The first kappa shape index (κ1) is 22.5. The molecular formula is C25H28FN5O3. The normalized spacial score (nSPS) is 19.2. The number of nitrogens with zero attached hydrogens (tertiary/aromatic N) is 3. The van der Waals surface area contributed by atoms with E-state index in [1.807, 2.05) is 24.4 Å². The van der Waals surface area contributed by atoms with E-state index in [0.29, 0.717) is 42.6 Å². The van der Waals surface area contributed by atoms with Crippen molar-refractivity contribution in [2.75, 3.05) is 38.2 Å². The Morgan fingerprint density at radius 1 is 1.29 bits per heavy atom. The van der Waals surface area contributed by atoms with Crippen LogP contribution in [0.5, 0.6) is 5.88 Å². The number of benzene rings is 1. The summed E-state index contributed by atoms with van der Waals surface area (Å²) in [7, 11) is 1.60. The number of carbonyl (C=O) groups excluding carboxylic acids is 1. The second-order valence-electron chi connectivity index (χ2n) is 8.81. The first-order valence-electron chi connectivity index (χ1n) is 11.5.